The average molecular weight is 477 g/mol. The topological polar surface area (TPSA) is 90.6 Å². The van der Waals surface area contributed by atoms with E-state index in [4.69, 9.17) is 4.52 Å². The van der Waals surface area contributed by atoms with Crippen LogP contribution in [0.1, 0.15) is 6.92 Å². The summed E-state index contributed by atoms with van der Waals surface area (Å²) in [6.45, 7) is 4.73. The summed E-state index contributed by atoms with van der Waals surface area (Å²) in [4.78, 5) is 13.3. The molecule has 0 atom stereocenters. The maximum absolute atomic E-state index is 14.3. The predicted molar refractivity (Wildman–Crippen MR) is 119 cm³/mol. The zero-order valence-corrected chi connectivity index (χ0v) is 18.0. The van der Waals surface area contributed by atoms with Gasteiger partial charge in [0.05, 0.1) is 11.3 Å². The Bertz CT molecular complexity index is 1050. The molecule has 30 heavy (non-hydrogen) atoms. The van der Waals surface area contributed by atoms with Gasteiger partial charge in [-0.3, -0.25) is 4.79 Å². The van der Waals surface area contributed by atoms with Crippen molar-refractivity contribution in [2.24, 2.45) is 0 Å². The number of piperazine rings is 1. The Kier molecular flexibility index (Phi) is 6.73. The number of hydrogen-bond donors (Lipinski definition) is 3. The molecule has 0 unspecified atom stereocenters. The van der Waals surface area contributed by atoms with E-state index in [1.165, 1.54) is 19.1 Å². The third kappa shape index (κ3) is 4.47. The summed E-state index contributed by atoms with van der Waals surface area (Å²) in [6, 6.07) is 11.4. The lowest BCUT2D eigenvalue weighted by Crippen LogP contribution is -2.43. The number of nitrogens with one attached hydrogen (secondary N) is 2. The van der Waals surface area contributed by atoms with Crippen LogP contribution in [0.25, 0.3) is 22.5 Å². The van der Waals surface area contributed by atoms with Gasteiger partial charge in [-0.25, -0.2) is 4.39 Å². The number of nitrogens with zero attached hydrogens (tertiary/aromatic N) is 2. The number of rotatable bonds is 4. The second-order valence-electron chi connectivity index (χ2n) is 6.86. The van der Waals surface area contributed by atoms with Gasteiger partial charge in [-0.2, -0.15) is 0 Å². The van der Waals surface area contributed by atoms with Gasteiger partial charge in [0.1, 0.15) is 11.6 Å². The first-order valence-corrected chi connectivity index (χ1v) is 9.35. The summed E-state index contributed by atoms with van der Waals surface area (Å²) < 4.78 is 19.8. The molecule has 7 nitrogen and oxygen atoms in total. The van der Waals surface area contributed by atoms with E-state index in [0.717, 1.165) is 32.0 Å². The Labute approximate surface area is 183 Å². The quantitative estimate of drug-likeness (QED) is 0.530. The maximum Gasteiger partial charge on any atom is 0.221 e. The molecule has 1 aliphatic rings. The molecular formula is C21H22BrFN4O3. The van der Waals surface area contributed by atoms with Crippen molar-refractivity contribution in [2.45, 2.75) is 6.92 Å². The molecule has 1 aliphatic heterocycles. The van der Waals surface area contributed by atoms with Crippen LogP contribution in [0.4, 0.5) is 15.9 Å². The number of anilines is 2. The lowest BCUT2D eigenvalue weighted by molar-refractivity contribution is -0.114. The Morgan fingerprint density at radius 3 is 2.63 bits per heavy atom. The van der Waals surface area contributed by atoms with Gasteiger partial charge >= 0.3 is 0 Å². The number of benzene rings is 2. The van der Waals surface area contributed by atoms with E-state index in [9.17, 15) is 14.3 Å². The number of halogens is 2. The number of hydrogen-bond acceptors (Lipinski definition) is 6. The third-order valence-electron chi connectivity index (χ3n) is 4.83. The van der Waals surface area contributed by atoms with Crippen molar-refractivity contribution >= 4 is 34.4 Å². The summed E-state index contributed by atoms with van der Waals surface area (Å²) in [5.74, 6) is 0.197. The van der Waals surface area contributed by atoms with Gasteiger partial charge < -0.3 is 25.2 Å². The number of phenols is 1. The van der Waals surface area contributed by atoms with Gasteiger partial charge in [0.25, 0.3) is 0 Å². The molecule has 3 aromatic rings. The van der Waals surface area contributed by atoms with Crippen molar-refractivity contribution in [3.8, 4) is 28.2 Å². The van der Waals surface area contributed by atoms with Gasteiger partial charge in [0, 0.05) is 44.7 Å². The highest BCUT2D eigenvalue weighted by atomic mass is 79.9. The van der Waals surface area contributed by atoms with E-state index >= 15 is 0 Å². The molecule has 2 aromatic carbocycles. The zero-order valence-electron chi connectivity index (χ0n) is 16.3. The van der Waals surface area contributed by atoms with E-state index in [1.54, 1.807) is 30.3 Å². The average Bonchev–Trinajstić information content (AvgIpc) is 3.20. The lowest BCUT2D eigenvalue weighted by Gasteiger charge is -2.26. The molecule has 4 rings (SSSR count). The third-order valence-corrected chi connectivity index (χ3v) is 4.83. The van der Waals surface area contributed by atoms with Gasteiger partial charge in [-0.15, -0.1) is 17.0 Å². The van der Waals surface area contributed by atoms with E-state index < -0.39 is 5.82 Å². The number of aromatic hydroxyl groups is 1. The molecule has 9 heteroatoms. The van der Waals surface area contributed by atoms with Crippen LogP contribution in [0.5, 0.6) is 5.75 Å². The van der Waals surface area contributed by atoms with Crippen LogP contribution in [0.2, 0.25) is 0 Å². The molecule has 2 heterocycles. The van der Waals surface area contributed by atoms with Crippen molar-refractivity contribution in [1.29, 1.82) is 0 Å². The fraction of sp³-hybridized carbons (Fsp3) is 0.238. The Balaban J connectivity index is 0.00000256. The largest absolute Gasteiger partial charge is 0.507 e. The van der Waals surface area contributed by atoms with Gasteiger partial charge in [0.2, 0.25) is 5.91 Å². The fourth-order valence-electron chi connectivity index (χ4n) is 3.38. The Hall–Kier alpha value is -2.91. The summed E-state index contributed by atoms with van der Waals surface area (Å²) in [5, 5.41) is 20.7. The first kappa shape index (κ1) is 21.8. The molecular weight excluding hydrogens is 455 g/mol. The summed E-state index contributed by atoms with van der Waals surface area (Å²) in [7, 11) is 0. The molecule has 1 aromatic heterocycles. The lowest BCUT2D eigenvalue weighted by atomic mass is 9.99. The number of amides is 1. The standard InChI is InChI=1S/C21H21FN4O3.BrH/c1-13(27)24-18-6-5-14(11-17(18)22)15-3-2-4-16(21(15)28)19-12-20(25-29-19)26-9-7-23-8-10-26;/h2-6,11-12,23,28H,7-10H2,1H3,(H,24,27);1H. The number of para-hydroxylation sites is 1. The van der Waals surface area contributed by atoms with E-state index in [1.807, 2.05) is 0 Å². The van der Waals surface area contributed by atoms with Crippen LogP contribution >= 0.6 is 17.0 Å². The van der Waals surface area contributed by atoms with Crippen molar-refractivity contribution in [2.75, 3.05) is 36.4 Å². The first-order valence-electron chi connectivity index (χ1n) is 9.35. The van der Waals surface area contributed by atoms with Crippen LogP contribution in [0.3, 0.4) is 0 Å². The number of carbonyl (C=O) groups is 1. The molecule has 0 saturated carbocycles. The van der Waals surface area contributed by atoms with Gasteiger partial charge in [-0.1, -0.05) is 23.4 Å². The van der Waals surface area contributed by atoms with Crippen LogP contribution in [0.15, 0.2) is 47.0 Å². The molecule has 0 spiro atoms. The molecule has 1 fully saturated rings. The second kappa shape index (κ2) is 9.27. The maximum atomic E-state index is 14.3. The fourth-order valence-corrected chi connectivity index (χ4v) is 3.38. The highest BCUT2D eigenvalue weighted by Gasteiger charge is 2.19. The Morgan fingerprint density at radius 1 is 1.20 bits per heavy atom. The van der Waals surface area contributed by atoms with Crippen molar-refractivity contribution in [3.63, 3.8) is 0 Å². The van der Waals surface area contributed by atoms with Crippen molar-refractivity contribution < 1.29 is 18.8 Å². The first-order chi connectivity index (χ1) is 14.0. The van der Waals surface area contributed by atoms with E-state index in [0.29, 0.717) is 22.5 Å². The molecule has 1 amide bonds. The Morgan fingerprint density at radius 2 is 1.93 bits per heavy atom. The molecule has 0 aliphatic carbocycles. The van der Waals surface area contributed by atoms with Crippen molar-refractivity contribution in [3.05, 3.63) is 48.3 Å². The minimum Gasteiger partial charge on any atom is -0.507 e. The smallest absolute Gasteiger partial charge is 0.221 e. The molecule has 0 radical (unpaired) electrons. The minimum absolute atomic E-state index is 0. The summed E-state index contributed by atoms with van der Waals surface area (Å²) in [5.41, 5.74) is 1.50. The predicted octanol–water partition coefficient (Wildman–Crippen LogP) is 3.80. The highest BCUT2D eigenvalue weighted by Crippen LogP contribution is 2.39. The summed E-state index contributed by atoms with van der Waals surface area (Å²) in [6.07, 6.45) is 0. The zero-order chi connectivity index (χ0) is 20.4. The molecule has 158 valence electrons. The van der Waals surface area contributed by atoms with E-state index in [2.05, 4.69) is 20.7 Å². The van der Waals surface area contributed by atoms with Gasteiger partial charge in [0.15, 0.2) is 11.6 Å². The van der Waals surface area contributed by atoms with Gasteiger partial charge in [-0.05, 0) is 23.8 Å². The number of phenolic OH excluding ortho intramolecular Hbond substituents is 1. The van der Waals surface area contributed by atoms with Crippen molar-refractivity contribution in [1.82, 2.24) is 10.5 Å². The normalized spacial score (nSPS) is 13.6. The highest BCUT2D eigenvalue weighted by molar-refractivity contribution is 8.93. The van der Waals surface area contributed by atoms with Crippen LogP contribution in [0, 0.1) is 5.82 Å². The van der Waals surface area contributed by atoms with E-state index in [-0.39, 0.29) is 34.3 Å². The molecule has 0 bridgehead atoms. The van der Waals surface area contributed by atoms with Crippen LogP contribution in [-0.2, 0) is 4.79 Å². The minimum atomic E-state index is -0.580. The number of aromatic nitrogens is 1. The summed E-state index contributed by atoms with van der Waals surface area (Å²) >= 11 is 0. The monoisotopic (exact) mass is 476 g/mol. The van der Waals surface area contributed by atoms with Crippen LogP contribution in [-0.4, -0.2) is 42.3 Å². The SMILES string of the molecule is Br.CC(=O)Nc1ccc(-c2cccc(-c3cc(N4CCNCC4)no3)c2O)cc1F. The molecule has 3 N–H and O–H groups in total. The second-order valence-corrected chi connectivity index (χ2v) is 6.86. The molecule has 1 saturated heterocycles. The number of carbonyl (C=O) groups excluding carboxylic acids is 1. The van der Waals surface area contributed by atoms with Crippen LogP contribution < -0.4 is 15.5 Å².